The van der Waals surface area contributed by atoms with Crippen molar-refractivity contribution in [3.05, 3.63) is 30.4 Å². The van der Waals surface area contributed by atoms with Crippen molar-refractivity contribution < 1.29 is 4.74 Å². The van der Waals surface area contributed by atoms with Gasteiger partial charge in [0.1, 0.15) is 12.4 Å². The van der Waals surface area contributed by atoms with Crippen molar-refractivity contribution in [2.24, 2.45) is 0 Å². The summed E-state index contributed by atoms with van der Waals surface area (Å²) in [5.74, 6) is 0. The zero-order valence-electron chi connectivity index (χ0n) is 7.24. The molecule has 1 fully saturated rings. The third kappa shape index (κ3) is 1.25. The SMILES string of the molecule is c1cc(-n2cnnn2)cc([C@H]2CO2)n1. The zero-order valence-corrected chi connectivity index (χ0v) is 7.24. The van der Waals surface area contributed by atoms with Crippen molar-refractivity contribution in [2.45, 2.75) is 6.10 Å². The molecule has 0 aromatic carbocycles. The van der Waals surface area contributed by atoms with Crippen LogP contribution in [0, 0.1) is 0 Å². The molecule has 0 radical (unpaired) electrons. The summed E-state index contributed by atoms with van der Waals surface area (Å²) in [6.45, 7) is 0.756. The largest absolute Gasteiger partial charge is 0.366 e. The first kappa shape index (κ1) is 7.57. The van der Waals surface area contributed by atoms with E-state index in [2.05, 4.69) is 20.5 Å². The highest BCUT2D eigenvalue weighted by Crippen LogP contribution is 2.28. The number of nitrogens with zero attached hydrogens (tertiary/aromatic N) is 5. The van der Waals surface area contributed by atoms with Gasteiger partial charge in [-0.1, -0.05) is 0 Å². The van der Waals surface area contributed by atoms with Crippen LogP contribution in [0.5, 0.6) is 0 Å². The highest BCUT2D eigenvalue weighted by molar-refractivity contribution is 5.31. The fourth-order valence-electron chi connectivity index (χ4n) is 1.25. The van der Waals surface area contributed by atoms with Crippen molar-refractivity contribution >= 4 is 0 Å². The zero-order chi connectivity index (χ0) is 9.38. The topological polar surface area (TPSA) is 69.0 Å². The lowest BCUT2D eigenvalue weighted by Gasteiger charge is -1.99. The van der Waals surface area contributed by atoms with Gasteiger partial charge in [0.25, 0.3) is 0 Å². The molecular weight excluding hydrogens is 182 g/mol. The average molecular weight is 189 g/mol. The van der Waals surface area contributed by atoms with Crippen LogP contribution in [0.3, 0.4) is 0 Å². The molecule has 1 aliphatic heterocycles. The van der Waals surface area contributed by atoms with E-state index in [0.717, 1.165) is 18.0 Å². The molecular formula is C8H7N5O. The second-order valence-corrected chi connectivity index (χ2v) is 3.02. The number of pyridine rings is 1. The molecule has 0 saturated carbocycles. The van der Waals surface area contributed by atoms with Gasteiger partial charge in [-0.15, -0.1) is 5.10 Å². The Morgan fingerprint density at radius 1 is 1.50 bits per heavy atom. The van der Waals surface area contributed by atoms with Gasteiger partial charge in [0.2, 0.25) is 0 Å². The molecule has 0 aliphatic carbocycles. The van der Waals surface area contributed by atoms with Gasteiger partial charge in [-0.2, -0.15) is 0 Å². The Morgan fingerprint density at radius 3 is 3.14 bits per heavy atom. The summed E-state index contributed by atoms with van der Waals surface area (Å²) in [6, 6.07) is 3.77. The van der Waals surface area contributed by atoms with Gasteiger partial charge in [-0.3, -0.25) is 4.98 Å². The maximum Gasteiger partial charge on any atom is 0.143 e. The molecule has 0 spiro atoms. The van der Waals surface area contributed by atoms with Crippen molar-refractivity contribution in [2.75, 3.05) is 6.61 Å². The monoisotopic (exact) mass is 189 g/mol. The predicted molar refractivity (Wildman–Crippen MR) is 45.6 cm³/mol. The Morgan fingerprint density at radius 2 is 2.43 bits per heavy atom. The maximum absolute atomic E-state index is 5.14. The Kier molecular flexibility index (Phi) is 1.54. The first-order valence-electron chi connectivity index (χ1n) is 4.24. The minimum absolute atomic E-state index is 0.159. The van der Waals surface area contributed by atoms with Crippen molar-refractivity contribution in [1.29, 1.82) is 0 Å². The van der Waals surface area contributed by atoms with Crippen LogP contribution in [0.1, 0.15) is 11.8 Å². The van der Waals surface area contributed by atoms with Crippen LogP contribution in [0.4, 0.5) is 0 Å². The van der Waals surface area contributed by atoms with Gasteiger partial charge < -0.3 is 4.74 Å². The van der Waals surface area contributed by atoms with E-state index in [1.807, 2.05) is 12.1 Å². The minimum atomic E-state index is 0.159. The van der Waals surface area contributed by atoms with E-state index < -0.39 is 0 Å². The van der Waals surface area contributed by atoms with Gasteiger partial charge in [0.15, 0.2) is 0 Å². The summed E-state index contributed by atoms with van der Waals surface area (Å²) in [7, 11) is 0. The number of epoxide rings is 1. The predicted octanol–water partition coefficient (Wildman–Crippen LogP) is 0.129. The average Bonchev–Trinajstić information content (AvgIpc) is 2.94. The molecule has 70 valence electrons. The normalized spacial score (nSPS) is 19.6. The molecule has 0 unspecified atom stereocenters. The molecule has 0 bridgehead atoms. The van der Waals surface area contributed by atoms with Crippen LogP contribution < -0.4 is 0 Å². The van der Waals surface area contributed by atoms with Crippen molar-refractivity contribution in [3.8, 4) is 5.69 Å². The lowest BCUT2D eigenvalue weighted by molar-refractivity contribution is 0.411. The fraction of sp³-hybridized carbons (Fsp3) is 0.250. The Hall–Kier alpha value is -1.82. The van der Waals surface area contributed by atoms with E-state index in [1.165, 1.54) is 0 Å². The molecule has 1 aliphatic rings. The standard InChI is InChI=1S/C8H7N5O/c1-2-9-7(8-4-14-8)3-6(1)13-5-10-11-12-13/h1-3,5,8H,4H2/t8-/m1/s1. The lowest BCUT2D eigenvalue weighted by Crippen LogP contribution is -1.97. The van der Waals surface area contributed by atoms with Gasteiger partial charge in [0.05, 0.1) is 18.0 Å². The van der Waals surface area contributed by atoms with Gasteiger partial charge in [-0.05, 0) is 22.6 Å². The smallest absolute Gasteiger partial charge is 0.143 e. The third-order valence-corrected chi connectivity index (χ3v) is 2.04. The lowest BCUT2D eigenvalue weighted by atomic mass is 10.2. The van der Waals surface area contributed by atoms with Gasteiger partial charge in [-0.25, -0.2) is 4.68 Å². The molecule has 0 N–H and O–H groups in total. The number of rotatable bonds is 2. The number of ether oxygens (including phenoxy) is 1. The van der Waals surface area contributed by atoms with Crippen LogP contribution in [-0.4, -0.2) is 31.8 Å². The van der Waals surface area contributed by atoms with Crippen LogP contribution in [0.15, 0.2) is 24.7 Å². The fourth-order valence-corrected chi connectivity index (χ4v) is 1.25. The summed E-state index contributed by atoms with van der Waals surface area (Å²) in [5.41, 5.74) is 1.83. The molecule has 3 rings (SSSR count). The highest BCUT2D eigenvalue weighted by Gasteiger charge is 2.26. The molecule has 6 heteroatoms. The first-order chi connectivity index (χ1) is 6.93. The molecule has 14 heavy (non-hydrogen) atoms. The number of hydrogen-bond donors (Lipinski definition) is 0. The third-order valence-electron chi connectivity index (χ3n) is 2.04. The van der Waals surface area contributed by atoms with Gasteiger partial charge >= 0.3 is 0 Å². The van der Waals surface area contributed by atoms with E-state index in [-0.39, 0.29) is 6.10 Å². The van der Waals surface area contributed by atoms with Crippen LogP contribution in [0.25, 0.3) is 5.69 Å². The van der Waals surface area contributed by atoms with Crippen LogP contribution >= 0.6 is 0 Å². The molecule has 1 atom stereocenters. The Bertz CT molecular complexity index is 437. The molecule has 2 aromatic heterocycles. The second-order valence-electron chi connectivity index (χ2n) is 3.02. The van der Waals surface area contributed by atoms with Crippen LogP contribution in [-0.2, 0) is 4.74 Å². The molecule has 0 amide bonds. The summed E-state index contributed by atoms with van der Waals surface area (Å²) in [4.78, 5) is 4.20. The quantitative estimate of drug-likeness (QED) is 0.628. The maximum atomic E-state index is 5.14. The molecule has 2 aromatic rings. The summed E-state index contributed by atoms with van der Waals surface area (Å²) < 4.78 is 6.73. The molecule has 1 saturated heterocycles. The molecule has 6 nitrogen and oxygen atoms in total. The summed E-state index contributed by atoms with van der Waals surface area (Å²) >= 11 is 0. The van der Waals surface area contributed by atoms with E-state index in [4.69, 9.17) is 4.74 Å². The summed E-state index contributed by atoms with van der Waals surface area (Å²) in [6.07, 6.45) is 3.44. The first-order valence-corrected chi connectivity index (χ1v) is 4.24. The summed E-state index contributed by atoms with van der Waals surface area (Å²) in [5, 5.41) is 10.9. The van der Waals surface area contributed by atoms with E-state index in [9.17, 15) is 0 Å². The van der Waals surface area contributed by atoms with Crippen molar-refractivity contribution in [3.63, 3.8) is 0 Å². The highest BCUT2D eigenvalue weighted by atomic mass is 16.6. The Balaban J connectivity index is 2.02. The van der Waals surface area contributed by atoms with Crippen LogP contribution in [0.2, 0.25) is 0 Å². The number of aromatic nitrogens is 5. The van der Waals surface area contributed by atoms with E-state index in [1.54, 1.807) is 17.2 Å². The molecule has 3 heterocycles. The van der Waals surface area contributed by atoms with E-state index in [0.29, 0.717) is 0 Å². The van der Waals surface area contributed by atoms with Crippen molar-refractivity contribution in [1.82, 2.24) is 25.2 Å². The number of tetrazole rings is 1. The van der Waals surface area contributed by atoms with E-state index >= 15 is 0 Å². The van der Waals surface area contributed by atoms with Gasteiger partial charge in [0, 0.05) is 6.20 Å². The minimum Gasteiger partial charge on any atom is -0.366 e. The second kappa shape index (κ2) is 2.85. The Labute approximate surface area is 79.5 Å². The number of hydrogen-bond acceptors (Lipinski definition) is 5.